The normalized spacial score (nSPS) is 10.3. The maximum atomic E-state index is 11.4. The van der Waals surface area contributed by atoms with Gasteiger partial charge in [0.1, 0.15) is 5.75 Å². The Labute approximate surface area is 97.2 Å². The molecule has 3 nitrogen and oxygen atoms in total. The first kappa shape index (κ1) is 10.7. The number of phenolic OH excluding ortho intramolecular Hbond substituents is 1. The monoisotopic (exact) mass is 233 g/mol. The highest BCUT2D eigenvalue weighted by molar-refractivity contribution is 7.08. The predicted octanol–water partition coefficient (Wildman–Crippen LogP) is 2.91. The zero-order chi connectivity index (χ0) is 11.7. The maximum absolute atomic E-state index is 11.4. The number of aromatic hydroxyl groups is 1. The first-order valence-corrected chi connectivity index (χ1v) is 5.70. The van der Waals surface area contributed by atoms with E-state index in [1.54, 1.807) is 23.6 Å². The van der Waals surface area contributed by atoms with Gasteiger partial charge in [-0.15, -0.1) is 0 Å². The van der Waals surface area contributed by atoms with Crippen molar-refractivity contribution in [1.82, 2.24) is 0 Å². The van der Waals surface area contributed by atoms with Crippen LogP contribution in [0.1, 0.15) is 17.3 Å². The Morgan fingerprint density at radius 3 is 2.75 bits per heavy atom. The molecule has 1 aromatic heterocycles. The first-order chi connectivity index (χ1) is 7.61. The van der Waals surface area contributed by atoms with Crippen LogP contribution in [-0.4, -0.2) is 10.9 Å². The van der Waals surface area contributed by atoms with Crippen molar-refractivity contribution in [2.24, 2.45) is 0 Å². The molecule has 0 saturated carbocycles. The molecule has 0 aliphatic carbocycles. The third-order valence-corrected chi connectivity index (χ3v) is 3.13. The lowest BCUT2D eigenvalue weighted by Crippen LogP contribution is -1.95. The van der Waals surface area contributed by atoms with Crippen molar-refractivity contribution in [2.45, 2.75) is 6.92 Å². The molecule has 0 amide bonds. The minimum Gasteiger partial charge on any atom is -0.507 e. The quantitative estimate of drug-likeness (QED) is 0.619. The Balaban J connectivity index is 2.68. The Morgan fingerprint density at radius 1 is 1.38 bits per heavy atom. The molecule has 0 spiro atoms. The summed E-state index contributed by atoms with van der Waals surface area (Å²) in [7, 11) is 0. The summed E-state index contributed by atoms with van der Waals surface area (Å²) in [5, 5.41) is 13.4. The van der Waals surface area contributed by atoms with Crippen LogP contribution in [0.5, 0.6) is 5.75 Å². The van der Waals surface area contributed by atoms with E-state index in [-0.39, 0.29) is 11.5 Å². The second-order valence-electron chi connectivity index (χ2n) is 3.50. The van der Waals surface area contributed by atoms with Gasteiger partial charge >= 0.3 is 0 Å². The van der Waals surface area contributed by atoms with E-state index >= 15 is 0 Å². The highest BCUT2D eigenvalue weighted by atomic mass is 32.1. The van der Waals surface area contributed by atoms with Gasteiger partial charge in [0.2, 0.25) is 0 Å². The zero-order valence-corrected chi connectivity index (χ0v) is 9.54. The second-order valence-corrected chi connectivity index (χ2v) is 4.24. The lowest BCUT2D eigenvalue weighted by Gasteiger charge is -2.07. The lowest BCUT2D eigenvalue weighted by molar-refractivity contribution is 0.101. The summed E-state index contributed by atoms with van der Waals surface area (Å²) < 4.78 is 0. The van der Waals surface area contributed by atoms with Crippen LogP contribution in [0.4, 0.5) is 5.69 Å². The van der Waals surface area contributed by atoms with Gasteiger partial charge in [-0.3, -0.25) is 4.79 Å². The van der Waals surface area contributed by atoms with Crippen molar-refractivity contribution in [3.63, 3.8) is 0 Å². The topological polar surface area (TPSA) is 63.3 Å². The van der Waals surface area contributed by atoms with Crippen molar-refractivity contribution >= 4 is 22.8 Å². The van der Waals surface area contributed by atoms with Gasteiger partial charge in [-0.25, -0.2) is 0 Å². The summed E-state index contributed by atoms with van der Waals surface area (Å²) in [5.74, 6) is 0.0693. The van der Waals surface area contributed by atoms with Gasteiger partial charge in [0.15, 0.2) is 5.78 Å². The molecule has 3 N–H and O–H groups in total. The van der Waals surface area contributed by atoms with Crippen LogP contribution in [0.3, 0.4) is 0 Å². The molecule has 1 aromatic carbocycles. The van der Waals surface area contributed by atoms with Crippen molar-refractivity contribution in [3.05, 3.63) is 34.5 Å². The number of nitrogen functional groups attached to an aromatic ring is 1. The highest BCUT2D eigenvalue weighted by Gasteiger charge is 2.15. The van der Waals surface area contributed by atoms with E-state index in [0.29, 0.717) is 22.4 Å². The van der Waals surface area contributed by atoms with Crippen LogP contribution in [-0.2, 0) is 0 Å². The molecule has 0 radical (unpaired) electrons. The molecule has 0 aliphatic heterocycles. The van der Waals surface area contributed by atoms with E-state index in [2.05, 4.69) is 0 Å². The van der Waals surface area contributed by atoms with Gasteiger partial charge < -0.3 is 10.8 Å². The number of carbonyl (C=O) groups excluding carboxylic acids is 1. The highest BCUT2D eigenvalue weighted by Crippen LogP contribution is 2.38. The molecule has 4 heteroatoms. The van der Waals surface area contributed by atoms with Gasteiger partial charge in [-0.05, 0) is 24.4 Å². The first-order valence-electron chi connectivity index (χ1n) is 4.76. The van der Waals surface area contributed by atoms with Gasteiger partial charge in [0.25, 0.3) is 0 Å². The average Bonchev–Trinajstić information content (AvgIpc) is 2.66. The van der Waals surface area contributed by atoms with E-state index < -0.39 is 0 Å². The molecule has 0 bridgehead atoms. The van der Waals surface area contributed by atoms with E-state index in [0.717, 1.165) is 0 Å². The molecule has 0 atom stereocenters. The van der Waals surface area contributed by atoms with Gasteiger partial charge in [0, 0.05) is 27.8 Å². The Kier molecular flexibility index (Phi) is 2.66. The Hall–Kier alpha value is -1.81. The van der Waals surface area contributed by atoms with Crippen LogP contribution in [0.15, 0.2) is 29.0 Å². The molecule has 1 heterocycles. The Morgan fingerprint density at radius 2 is 2.12 bits per heavy atom. The number of thiophene rings is 1. The molecule has 0 aliphatic rings. The smallest absolute Gasteiger partial charge is 0.161 e. The number of anilines is 1. The predicted molar refractivity (Wildman–Crippen MR) is 65.8 cm³/mol. The number of rotatable bonds is 2. The number of benzene rings is 1. The molecule has 82 valence electrons. The zero-order valence-electron chi connectivity index (χ0n) is 8.73. The standard InChI is InChI=1S/C12H11NO2S/c1-7(14)8-5-16-6-9(8)12-10(13)3-2-4-11(12)15/h2-6,15H,13H2,1H3. The van der Waals surface area contributed by atoms with Gasteiger partial charge in [-0.2, -0.15) is 11.3 Å². The fourth-order valence-electron chi connectivity index (χ4n) is 1.61. The molecular formula is C12H11NO2S. The van der Waals surface area contributed by atoms with E-state index in [9.17, 15) is 9.90 Å². The molecular weight excluding hydrogens is 222 g/mol. The fourth-order valence-corrected chi connectivity index (χ4v) is 2.49. The third-order valence-electron chi connectivity index (χ3n) is 2.39. The number of hydrogen-bond donors (Lipinski definition) is 2. The SMILES string of the molecule is CC(=O)c1cscc1-c1c(N)cccc1O. The largest absolute Gasteiger partial charge is 0.507 e. The summed E-state index contributed by atoms with van der Waals surface area (Å²) >= 11 is 1.42. The van der Waals surface area contributed by atoms with E-state index in [1.165, 1.54) is 18.3 Å². The number of ketones is 1. The molecule has 0 saturated heterocycles. The summed E-state index contributed by atoms with van der Waals surface area (Å²) in [4.78, 5) is 11.4. The van der Waals surface area contributed by atoms with Crippen molar-refractivity contribution in [3.8, 4) is 16.9 Å². The van der Waals surface area contributed by atoms with Crippen LogP contribution in [0, 0.1) is 0 Å². The third kappa shape index (κ3) is 1.67. The minimum absolute atomic E-state index is 0.0288. The molecule has 2 aromatic rings. The van der Waals surface area contributed by atoms with E-state index in [1.807, 2.05) is 5.38 Å². The number of phenols is 1. The van der Waals surface area contributed by atoms with Crippen molar-refractivity contribution < 1.29 is 9.90 Å². The van der Waals surface area contributed by atoms with Crippen LogP contribution < -0.4 is 5.73 Å². The lowest BCUT2D eigenvalue weighted by atomic mass is 10.00. The minimum atomic E-state index is -0.0288. The van der Waals surface area contributed by atoms with Gasteiger partial charge in [0.05, 0.1) is 0 Å². The summed E-state index contributed by atoms with van der Waals surface area (Å²) in [6, 6.07) is 4.94. The Bertz CT molecular complexity index is 525. The average molecular weight is 233 g/mol. The van der Waals surface area contributed by atoms with Crippen LogP contribution >= 0.6 is 11.3 Å². The summed E-state index contributed by atoms with van der Waals surface area (Å²) in [6.07, 6.45) is 0. The second kappa shape index (κ2) is 3.98. The van der Waals surface area contributed by atoms with Crippen molar-refractivity contribution in [2.75, 3.05) is 5.73 Å². The number of carbonyl (C=O) groups is 1. The molecule has 0 unspecified atom stereocenters. The summed E-state index contributed by atoms with van der Waals surface area (Å²) in [5.41, 5.74) is 8.12. The van der Waals surface area contributed by atoms with E-state index in [4.69, 9.17) is 5.73 Å². The molecule has 16 heavy (non-hydrogen) atoms. The van der Waals surface area contributed by atoms with Crippen molar-refractivity contribution in [1.29, 1.82) is 0 Å². The maximum Gasteiger partial charge on any atom is 0.161 e. The fraction of sp³-hybridized carbons (Fsp3) is 0.0833. The van der Waals surface area contributed by atoms with Crippen LogP contribution in [0.2, 0.25) is 0 Å². The summed E-state index contributed by atoms with van der Waals surface area (Å²) in [6.45, 7) is 1.50. The molecule has 0 fully saturated rings. The number of hydrogen-bond acceptors (Lipinski definition) is 4. The number of Topliss-reactive ketones (excluding diaryl/α,β-unsaturated/α-hetero) is 1. The molecule has 2 rings (SSSR count). The van der Waals surface area contributed by atoms with Gasteiger partial charge in [-0.1, -0.05) is 6.07 Å². The number of nitrogens with two attached hydrogens (primary N) is 1. The van der Waals surface area contributed by atoms with Crippen LogP contribution in [0.25, 0.3) is 11.1 Å².